The lowest BCUT2D eigenvalue weighted by molar-refractivity contribution is 0.100. The van der Waals surface area contributed by atoms with Gasteiger partial charge in [0.05, 0.1) is 11.6 Å². The Morgan fingerprint density at radius 2 is 2.10 bits per heavy atom. The summed E-state index contributed by atoms with van der Waals surface area (Å²) in [5.74, 6) is 0.155. The average Bonchev–Trinajstić information content (AvgIpc) is 2.53. The molecule has 4 N–H and O–H groups in total. The van der Waals surface area contributed by atoms with Gasteiger partial charge in [-0.25, -0.2) is 4.98 Å². The van der Waals surface area contributed by atoms with Crippen LogP contribution in [0.25, 0.3) is 0 Å². The van der Waals surface area contributed by atoms with Gasteiger partial charge >= 0.3 is 0 Å². The van der Waals surface area contributed by atoms with E-state index < -0.39 is 5.91 Å². The zero-order chi connectivity index (χ0) is 14.8. The molecule has 1 aromatic heterocycles. The van der Waals surface area contributed by atoms with Gasteiger partial charge in [-0.3, -0.25) is 4.79 Å². The molecule has 0 aliphatic carbocycles. The maximum atomic E-state index is 11.6. The molecule has 1 aliphatic rings. The number of amides is 1. The number of primary amides is 1. The molecule has 5 nitrogen and oxygen atoms in total. The van der Waals surface area contributed by atoms with Crippen molar-refractivity contribution in [1.82, 2.24) is 4.98 Å². The lowest BCUT2D eigenvalue weighted by atomic mass is 9.92. The average molecular weight is 282 g/mol. The molecular weight excluding hydrogens is 264 g/mol. The molecule has 0 saturated carbocycles. The summed E-state index contributed by atoms with van der Waals surface area (Å²) in [4.78, 5) is 18.1. The number of benzene rings is 1. The van der Waals surface area contributed by atoms with Gasteiger partial charge in [-0.15, -0.1) is 0 Å². The van der Waals surface area contributed by atoms with Crippen molar-refractivity contribution < 1.29 is 4.79 Å². The summed E-state index contributed by atoms with van der Waals surface area (Å²) in [5, 5.41) is 0. The molecule has 1 amide bonds. The standard InChI is InChI=1S/C16H18N4O/c17-10-14-12-5-2-1-4-11(12)7-9-20(14)16-13(15(18)21)6-3-8-19-16/h1-6,8,14H,7,9-10,17H2,(H2,18,21). The van der Waals surface area contributed by atoms with Gasteiger partial charge in [0, 0.05) is 19.3 Å². The Labute approximate surface area is 123 Å². The van der Waals surface area contributed by atoms with E-state index in [9.17, 15) is 4.79 Å². The van der Waals surface area contributed by atoms with E-state index in [1.54, 1.807) is 18.3 Å². The third-order valence-electron chi connectivity index (χ3n) is 3.96. The summed E-state index contributed by atoms with van der Waals surface area (Å²) in [7, 11) is 0. The molecule has 0 fully saturated rings. The number of anilines is 1. The summed E-state index contributed by atoms with van der Waals surface area (Å²) in [6, 6.07) is 11.7. The minimum absolute atomic E-state index is 0.0166. The second-order valence-corrected chi connectivity index (χ2v) is 5.13. The van der Waals surface area contributed by atoms with Gasteiger partial charge in [-0.2, -0.15) is 0 Å². The molecule has 3 rings (SSSR count). The van der Waals surface area contributed by atoms with E-state index in [2.05, 4.69) is 22.0 Å². The Morgan fingerprint density at radius 3 is 2.86 bits per heavy atom. The van der Waals surface area contributed by atoms with E-state index in [4.69, 9.17) is 11.5 Å². The summed E-state index contributed by atoms with van der Waals surface area (Å²) in [6.45, 7) is 1.24. The highest BCUT2D eigenvalue weighted by Gasteiger charge is 2.29. The van der Waals surface area contributed by atoms with Crippen LogP contribution in [0.5, 0.6) is 0 Å². The fourth-order valence-electron chi connectivity index (χ4n) is 2.98. The number of carbonyl (C=O) groups excluding carboxylic acids is 1. The van der Waals surface area contributed by atoms with Crippen molar-refractivity contribution in [2.45, 2.75) is 12.5 Å². The number of hydrogen-bond acceptors (Lipinski definition) is 4. The van der Waals surface area contributed by atoms with Crippen LogP contribution in [0, 0.1) is 0 Å². The maximum absolute atomic E-state index is 11.6. The Morgan fingerprint density at radius 1 is 1.29 bits per heavy atom. The van der Waals surface area contributed by atoms with Crippen molar-refractivity contribution in [3.63, 3.8) is 0 Å². The molecule has 1 unspecified atom stereocenters. The summed E-state index contributed by atoms with van der Waals surface area (Å²) < 4.78 is 0. The molecule has 0 saturated heterocycles. The van der Waals surface area contributed by atoms with Gasteiger partial charge in [-0.05, 0) is 29.7 Å². The Balaban J connectivity index is 2.06. The summed E-state index contributed by atoms with van der Waals surface area (Å²) in [6.07, 6.45) is 2.58. The lowest BCUT2D eigenvalue weighted by Crippen LogP contribution is -2.41. The molecule has 1 aromatic carbocycles. The van der Waals surface area contributed by atoms with Crippen LogP contribution in [0.4, 0.5) is 5.82 Å². The Hall–Kier alpha value is -2.40. The van der Waals surface area contributed by atoms with Crippen LogP contribution >= 0.6 is 0 Å². The highest BCUT2D eigenvalue weighted by atomic mass is 16.1. The molecule has 2 heterocycles. The predicted molar refractivity (Wildman–Crippen MR) is 82.0 cm³/mol. The van der Waals surface area contributed by atoms with Crippen molar-refractivity contribution >= 4 is 11.7 Å². The summed E-state index contributed by atoms with van der Waals surface area (Å²) in [5.41, 5.74) is 14.4. The fourth-order valence-corrected chi connectivity index (χ4v) is 2.98. The first-order valence-corrected chi connectivity index (χ1v) is 7.01. The molecule has 0 radical (unpaired) electrons. The van der Waals surface area contributed by atoms with Crippen molar-refractivity contribution in [2.75, 3.05) is 18.0 Å². The third kappa shape index (κ3) is 2.36. The van der Waals surface area contributed by atoms with Crippen molar-refractivity contribution in [3.05, 3.63) is 59.3 Å². The van der Waals surface area contributed by atoms with Crippen LogP contribution in [-0.2, 0) is 6.42 Å². The minimum atomic E-state index is -0.465. The zero-order valence-corrected chi connectivity index (χ0v) is 11.7. The Kier molecular flexibility index (Phi) is 3.58. The minimum Gasteiger partial charge on any atom is -0.365 e. The number of nitrogens with two attached hydrogens (primary N) is 2. The second-order valence-electron chi connectivity index (χ2n) is 5.13. The smallest absolute Gasteiger partial charge is 0.252 e. The molecule has 1 atom stereocenters. The maximum Gasteiger partial charge on any atom is 0.252 e. The van der Waals surface area contributed by atoms with Crippen LogP contribution in [0.3, 0.4) is 0 Å². The molecule has 5 heteroatoms. The fraction of sp³-hybridized carbons (Fsp3) is 0.250. The molecule has 0 bridgehead atoms. The van der Waals surface area contributed by atoms with E-state index in [-0.39, 0.29) is 6.04 Å². The molecular formula is C16H18N4O. The van der Waals surface area contributed by atoms with Crippen LogP contribution in [-0.4, -0.2) is 24.0 Å². The number of fused-ring (bicyclic) bond motifs is 1. The first-order valence-electron chi connectivity index (χ1n) is 7.01. The van der Waals surface area contributed by atoms with E-state index in [1.807, 2.05) is 12.1 Å². The number of hydrogen-bond donors (Lipinski definition) is 2. The van der Waals surface area contributed by atoms with Crippen molar-refractivity contribution in [2.24, 2.45) is 11.5 Å². The molecule has 1 aliphatic heterocycles. The summed E-state index contributed by atoms with van der Waals surface area (Å²) >= 11 is 0. The largest absolute Gasteiger partial charge is 0.365 e. The topological polar surface area (TPSA) is 85.2 Å². The van der Waals surface area contributed by atoms with Gasteiger partial charge in [0.15, 0.2) is 0 Å². The highest BCUT2D eigenvalue weighted by molar-refractivity contribution is 5.97. The van der Waals surface area contributed by atoms with Crippen molar-refractivity contribution in [3.8, 4) is 0 Å². The van der Waals surface area contributed by atoms with Crippen LogP contribution < -0.4 is 16.4 Å². The SMILES string of the molecule is NCC1c2ccccc2CCN1c1ncccc1C(N)=O. The van der Waals surface area contributed by atoms with Gasteiger partial charge in [0.2, 0.25) is 0 Å². The number of aromatic nitrogens is 1. The number of carbonyl (C=O) groups is 1. The molecule has 2 aromatic rings. The zero-order valence-electron chi connectivity index (χ0n) is 11.7. The van der Waals surface area contributed by atoms with Gasteiger partial charge in [0.25, 0.3) is 5.91 Å². The van der Waals surface area contributed by atoms with Crippen molar-refractivity contribution in [1.29, 1.82) is 0 Å². The van der Waals surface area contributed by atoms with E-state index >= 15 is 0 Å². The van der Waals surface area contributed by atoms with E-state index in [0.717, 1.165) is 13.0 Å². The monoisotopic (exact) mass is 282 g/mol. The molecule has 0 spiro atoms. The predicted octanol–water partition coefficient (Wildman–Crippen LogP) is 1.24. The number of pyridine rings is 1. The van der Waals surface area contributed by atoms with E-state index in [0.29, 0.717) is 17.9 Å². The number of nitrogens with zero attached hydrogens (tertiary/aromatic N) is 2. The van der Waals surface area contributed by atoms with Gasteiger partial charge in [0.1, 0.15) is 5.82 Å². The third-order valence-corrected chi connectivity index (χ3v) is 3.96. The highest BCUT2D eigenvalue weighted by Crippen LogP contribution is 2.33. The normalized spacial score (nSPS) is 17.4. The van der Waals surface area contributed by atoms with Crippen LogP contribution in [0.1, 0.15) is 27.5 Å². The van der Waals surface area contributed by atoms with Gasteiger partial charge < -0.3 is 16.4 Å². The van der Waals surface area contributed by atoms with Crippen LogP contribution in [0.2, 0.25) is 0 Å². The first-order chi connectivity index (χ1) is 10.2. The second kappa shape index (κ2) is 5.54. The number of rotatable bonds is 3. The lowest BCUT2D eigenvalue weighted by Gasteiger charge is -2.38. The van der Waals surface area contributed by atoms with Gasteiger partial charge in [-0.1, -0.05) is 24.3 Å². The van der Waals surface area contributed by atoms with E-state index in [1.165, 1.54) is 11.1 Å². The quantitative estimate of drug-likeness (QED) is 0.887. The van der Waals surface area contributed by atoms with Crippen LogP contribution in [0.15, 0.2) is 42.6 Å². The first kappa shape index (κ1) is 13.6. The molecule has 21 heavy (non-hydrogen) atoms. The Bertz CT molecular complexity index is 671. The molecule has 108 valence electrons.